The van der Waals surface area contributed by atoms with E-state index in [0.717, 1.165) is 32.1 Å². The van der Waals surface area contributed by atoms with Gasteiger partial charge in [-0.2, -0.15) is 4.31 Å². The average Bonchev–Trinajstić information content (AvgIpc) is 2.68. The first kappa shape index (κ1) is 25.5. The third kappa shape index (κ3) is 9.23. The Hall–Kier alpha value is -1.51. The molecule has 0 aliphatic carbocycles. The molecule has 0 radical (unpaired) electrons. The van der Waals surface area contributed by atoms with Crippen LogP contribution in [0.1, 0.15) is 72.1 Å². The number of nitrogens with one attached hydrogen (secondary N) is 2. The zero-order valence-electron chi connectivity index (χ0n) is 17.9. The van der Waals surface area contributed by atoms with Crippen molar-refractivity contribution in [3.63, 3.8) is 0 Å². The smallest absolute Gasteiger partial charge is 0.243 e. The number of rotatable bonds is 13. The van der Waals surface area contributed by atoms with E-state index in [1.807, 2.05) is 13.8 Å². The van der Waals surface area contributed by atoms with Crippen molar-refractivity contribution in [3.8, 4) is 0 Å². The number of sulfonamides is 1. The normalized spacial score (nSPS) is 11.4. The lowest BCUT2D eigenvalue weighted by Crippen LogP contribution is -2.34. The van der Waals surface area contributed by atoms with Gasteiger partial charge in [-0.05, 0) is 55.7 Å². The van der Waals surface area contributed by atoms with Gasteiger partial charge in [0.25, 0.3) is 0 Å². The van der Waals surface area contributed by atoms with E-state index >= 15 is 0 Å². The fourth-order valence-corrected chi connectivity index (χ4v) is 4.81. The molecule has 1 aromatic rings. The maximum Gasteiger partial charge on any atom is 0.243 e. The number of unbranched alkanes of at least 4 members (excludes halogenated alkanes) is 4. The van der Waals surface area contributed by atoms with Crippen LogP contribution >= 0.6 is 12.2 Å². The fraction of sp³-hybridized carbons (Fsp3) is 0.619. The summed E-state index contributed by atoms with van der Waals surface area (Å²) in [5.74, 6) is -0.104. The van der Waals surface area contributed by atoms with Crippen molar-refractivity contribution < 1.29 is 13.2 Å². The van der Waals surface area contributed by atoms with Crippen LogP contribution in [0.3, 0.4) is 0 Å². The SMILES string of the molecule is CCCCCCCC(=O)NC(=S)Nc1ccc(S(=O)(=O)N(CCC)CCC)cc1. The fourth-order valence-electron chi connectivity index (χ4n) is 2.95. The first-order valence-electron chi connectivity index (χ1n) is 10.6. The minimum absolute atomic E-state index is 0.104. The van der Waals surface area contributed by atoms with Crippen LogP contribution in [-0.4, -0.2) is 36.8 Å². The van der Waals surface area contributed by atoms with Crippen LogP contribution in [0, 0.1) is 0 Å². The zero-order chi connectivity index (χ0) is 21.7. The molecule has 0 fully saturated rings. The van der Waals surface area contributed by atoms with Gasteiger partial charge in [0, 0.05) is 25.2 Å². The molecule has 8 heteroatoms. The van der Waals surface area contributed by atoms with Gasteiger partial charge < -0.3 is 10.6 Å². The van der Waals surface area contributed by atoms with E-state index < -0.39 is 10.0 Å². The maximum absolute atomic E-state index is 12.8. The van der Waals surface area contributed by atoms with Gasteiger partial charge in [0.1, 0.15) is 0 Å². The predicted octanol–water partition coefficient (Wildman–Crippen LogP) is 4.67. The largest absolute Gasteiger partial charge is 0.332 e. The van der Waals surface area contributed by atoms with Gasteiger partial charge in [0.2, 0.25) is 15.9 Å². The highest BCUT2D eigenvalue weighted by atomic mass is 32.2. The van der Waals surface area contributed by atoms with Crippen molar-refractivity contribution in [2.45, 2.75) is 77.0 Å². The first-order chi connectivity index (χ1) is 13.8. The van der Waals surface area contributed by atoms with Crippen molar-refractivity contribution in [2.75, 3.05) is 18.4 Å². The van der Waals surface area contributed by atoms with Crippen LogP contribution in [0.5, 0.6) is 0 Å². The van der Waals surface area contributed by atoms with E-state index in [-0.39, 0.29) is 15.9 Å². The van der Waals surface area contributed by atoms with Gasteiger partial charge >= 0.3 is 0 Å². The maximum atomic E-state index is 12.8. The molecule has 1 aromatic carbocycles. The summed E-state index contributed by atoms with van der Waals surface area (Å²) in [5, 5.41) is 5.82. The van der Waals surface area contributed by atoms with Crippen LogP contribution in [-0.2, 0) is 14.8 Å². The molecule has 164 valence electrons. The van der Waals surface area contributed by atoms with Crippen molar-refractivity contribution in [1.82, 2.24) is 9.62 Å². The number of carbonyl (C=O) groups excluding carboxylic acids is 1. The Bertz CT molecular complexity index is 728. The van der Waals surface area contributed by atoms with Crippen LogP contribution in [0.25, 0.3) is 0 Å². The summed E-state index contributed by atoms with van der Waals surface area (Å²) < 4.78 is 27.1. The molecule has 1 amide bonds. The van der Waals surface area contributed by atoms with E-state index in [4.69, 9.17) is 12.2 Å². The Balaban J connectivity index is 2.58. The number of nitrogens with zero attached hydrogens (tertiary/aromatic N) is 1. The Kier molecular flexibility index (Phi) is 12.0. The quantitative estimate of drug-likeness (QED) is 0.343. The van der Waals surface area contributed by atoms with E-state index in [9.17, 15) is 13.2 Å². The Morgan fingerprint density at radius 2 is 1.52 bits per heavy atom. The summed E-state index contributed by atoms with van der Waals surface area (Å²) in [5.41, 5.74) is 0.634. The second-order valence-electron chi connectivity index (χ2n) is 7.09. The van der Waals surface area contributed by atoms with Crippen molar-refractivity contribution in [3.05, 3.63) is 24.3 Å². The molecule has 0 saturated heterocycles. The Morgan fingerprint density at radius 3 is 2.07 bits per heavy atom. The van der Waals surface area contributed by atoms with Gasteiger partial charge in [-0.25, -0.2) is 8.42 Å². The third-order valence-electron chi connectivity index (χ3n) is 4.46. The van der Waals surface area contributed by atoms with Crippen LogP contribution in [0.15, 0.2) is 29.2 Å². The van der Waals surface area contributed by atoms with Crippen molar-refractivity contribution >= 4 is 38.9 Å². The zero-order valence-corrected chi connectivity index (χ0v) is 19.5. The molecule has 0 spiro atoms. The van der Waals surface area contributed by atoms with Gasteiger partial charge in [-0.15, -0.1) is 0 Å². The summed E-state index contributed by atoms with van der Waals surface area (Å²) in [6, 6.07) is 6.45. The van der Waals surface area contributed by atoms with Gasteiger partial charge in [-0.3, -0.25) is 4.79 Å². The predicted molar refractivity (Wildman–Crippen MR) is 124 cm³/mol. The summed E-state index contributed by atoms with van der Waals surface area (Å²) in [6.45, 7) is 7.10. The van der Waals surface area contributed by atoms with E-state index in [2.05, 4.69) is 17.6 Å². The second-order valence-corrected chi connectivity index (χ2v) is 9.44. The summed E-state index contributed by atoms with van der Waals surface area (Å²) in [6.07, 6.45) is 7.41. The molecule has 2 N–H and O–H groups in total. The van der Waals surface area contributed by atoms with Gasteiger partial charge in [0.15, 0.2) is 5.11 Å². The molecule has 29 heavy (non-hydrogen) atoms. The lowest BCUT2D eigenvalue weighted by molar-refractivity contribution is -0.119. The Labute approximate surface area is 181 Å². The summed E-state index contributed by atoms with van der Waals surface area (Å²) >= 11 is 5.18. The number of benzene rings is 1. The van der Waals surface area contributed by atoms with E-state index in [0.29, 0.717) is 25.2 Å². The minimum atomic E-state index is -3.50. The lowest BCUT2D eigenvalue weighted by atomic mass is 10.1. The van der Waals surface area contributed by atoms with Crippen LogP contribution < -0.4 is 10.6 Å². The van der Waals surface area contributed by atoms with Crippen molar-refractivity contribution in [1.29, 1.82) is 0 Å². The number of carbonyl (C=O) groups is 1. The van der Waals surface area contributed by atoms with Crippen LogP contribution in [0.2, 0.25) is 0 Å². The molecule has 6 nitrogen and oxygen atoms in total. The number of thiocarbonyl (C=S) groups is 1. The van der Waals surface area contributed by atoms with Gasteiger partial charge in [-0.1, -0.05) is 46.5 Å². The number of anilines is 1. The van der Waals surface area contributed by atoms with Crippen LogP contribution in [0.4, 0.5) is 5.69 Å². The minimum Gasteiger partial charge on any atom is -0.332 e. The number of hydrogen-bond acceptors (Lipinski definition) is 4. The highest BCUT2D eigenvalue weighted by Crippen LogP contribution is 2.19. The monoisotopic (exact) mass is 441 g/mol. The van der Waals surface area contributed by atoms with E-state index in [1.54, 1.807) is 24.3 Å². The number of amides is 1. The molecule has 1 rings (SSSR count). The van der Waals surface area contributed by atoms with Crippen molar-refractivity contribution in [2.24, 2.45) is 0 Å². The molecule has 0 atom stereocenters. The highest BCUT2D eigenvalue weighted by molar-refractivity contribution is 7.89. The molecular weight excluding hydrogens is 406 g/mol. The topological polar surface area (TPSA) is 78.5 Å². The molecule has 0 aliphatic heterocycles. The average molecular weight is 442 g/mol. The lowest BCUT2D eigenvalue weighted by Gasteiger charge is -2.21. The third-order valence-corrected chi connectivity index (χ3v) is 6.57. The molecule has 0 saturated carbocycles. The first-order valence-corrected chi connectivity index (χ1v) is 12.4. The second kappa shape index (κ2) is 13.7. The number of hydrogen-bond donors (Lipinski definition) is 2. The molecule has 0 aliphatic rings. The Morgan fingerprint density at radius 1 is 0.931 bits per heavy atom. The highest BCUT2D eigenvalue weighted by Gasteiger charge is 2.22. The van der Waals surface area contributed by atoms with Gasteiger partial charge in [0.05, 0.1) is 4.90 Å². The molecule has 0 bridgehead atoms. The molecule has 0 aromatic heterocycles. The molecular formula is C21H35N3O3S2. The molecule has 0 unspecified atom stereocenters. The molecule has 0 heterocycles. The standard InChI is InChI=1S/C21H35N3O3S2/c1-4-7-8-9-10-11-20(25)23-21(28)22-18-12-14-19(15-13-18)29(26,27)24(16-5-2)17-6-3/h12-15H,4-11,16-17H2,1-3H3,(H2,22,23,25,28). The summed E-state index contributed by atoms with van der Waals surface area (Å²) in [4.78, 5) is 12.2. The summed E-state index contributed by atoms with van der Waals surface area (Å²) in [7, 11) is -3.50. The van der Waals surface area contributed by atoms with E-state index in [1.165, 1.54) is 17.1 Å².